The fourth-order valence-electron chi connectivity index (χ4n) is 2.74. The van der Waals surface area contributed by atoms with Crippen LogP contribution in [-0.2, 0) is 9.53 Å². The first kappa shape index (κ1) is 20.3. The van der Waals surface area contributed by atoms with E-state index in [1.54, 1.807) is 20.8 Å². The molecule has 1 aromatic carbocycles. The Balaban J connectivity index is 2.09. The minimum Gasteiger partial charge on any atom is -0.448 e. The lowest BCUT2D eigenvalue weighted by Crippen LogP contribution is -2.30. The van der Waals surface area contributed by atoms with Crippen LogP contribution in [0.4, 0.5) is 5.69 Å². The highest BCUT2D eigenvalue weighted by Crippen LogP contribution is 2.25. The van der Waals surface area contributed by atoms with Crippen LogP contribution >= 0.6 is 23.2 Å². The number of nitrogens with one attached hydrogen (secondary N) is 2. The standard InChI is InChI=1S/C18H20Cl2N2O4/c1-8-15(10(3)23)9(2)21-16(8)18(25)26-11(4)17(24)22-14-6-12(19)5-13(20)7-14/h5-7,10-11,21,23H,1-4H3,(H,22,24)/t10-,11+/m0/s1. The van der Waals surface area contributed by atoms with Crippen molar-refractivity contribution >= 4 is 40.8 Å². The number of hydrogen-bond acceptors (Lipinski definition) is 4. The number of amides is 1. The third-order valence-corrected chi connectivity index (χ3v) is 4.34. The molecular formula is C18H20Cl2N2O4. The number of aryl methyl sites for hydroxylation is 1. The zero-order valence-corrected chi connectivity index (χ0v) is 16.3. The molecule has 2 atom stereocenters. The molecule has 0 radical (unpaired) electrons. The van der Waals surface area contributed by atoms with Crippen LogP contribution in [-0.4, -0.2) is 28.1 Å². The Morgan fingerprint density at radius 1 is 1.15 bits per heavy atom. The van der Waals surface area contributed by atoms with Gasteiger partial charge in [0.05, 0.1) is 6.10 Å². The monoisotopic (exact) mass is 398 g/mol. The molecule has 2 rings (SSSR count). The molecule has 0 saturated heterocycles. The van der Waals surface area contributed by atoms with Gasteiger partial charge in [0, 0.05) is 27.0 Å². The Hall–Kier alpha value is -2.02. The molecule has 26 heavy (non-hydrogen) atoms. The number of anilines is 1. The van der Waals surface area contributed by atoms with Gasteiger partial charge in [-0.3, -0.25) is 4.79 Å². The molecule has 0 saturated carbocycles. The summed E-state index contributed by atoms with van der Waals surface area (Å²) in [6, 6.07) is 4.61. The number of carbonyl (C=O) groups is 2. The van der Waals surface area contributed by atoms with Crippen molar-refractivity contribution in [3.8, 4) is 0 Å². The summed E-state index contributed by atoms with van der Waals surface area (Å²) in [7, 11) is 0. The molecule has 0 aliphatic carbocycles. The minimum absolute atomic E-state index is 0.212. The molecule has 8 heteroatoms. The van der Waals surface area contributed by atoms with E-state index >= 15 is 0 Å². The van der Waals surface area contributed by atoms with E-state index < -0.39 is 24.1 Å². The van der Waals surface area contributed by atoms with Gasteiger partial charge in [-0.1, -0.05) is 23.2 Å². The number of ether oxygens (including phenoxy) is 1. The number of benzene rings is 1. The second kappa shape index (κ2) is 8.12. The smallest absolute Gasteiger partial charge is 0.355 e. The molecule has 0 unspecified atom stereocenters. The third-order valence-electron chi connectivity index (χ3n) is 3.90. The summed E-state index contributed by atoms with van der Waals surface area (Å²) in [6.07, 6.45) is -1.76. The fourth-order valence-corrected chi connectivity index (χ4v) is 3.26. The summed E-state index contributed by atoms with van der Waals surface area (Å²) < 4.78 is 5.23. The maximum atomic E-state index is 12.4. The fraction of sp³-hybridized carbons (Fsp3) is 0.333. The van der Waals surface area contributed by atoms with Crippen molar-refractivity contribution < 1.29 is 19.4 Å². The molecule has 2 aromatic rings. The predicted octanol–water partition coefficient (Wildman–Crippen LogP) is 4.18. The second-order valence-electron chi connectivity index (χ2n) is 6.03. The largest absolute Gasteiger partial charge is 0.448 e. The first-order chi connectivity index (χ1) is 12.1. The number of aromatic nitrogens is 1. The molecule has 3 N–H and O–H groups in total. The summed E-state index contributed by atoms with van der Waals surface area (Å²) in [6.45, 7) is 6.54. The van der Waals surface area contributed by atoms with E-state index in [1.165, 1.54) is 25.1 Å². The summed E-state index contributed by atoms with van der Waals surface area (Å²) in [5.74, 6) is -1.20. The van der Waals surface area contributed by atoms with Crippen molar-refractivity contribution in [1.29, 1.82) is 0 Å². The van der Waals surface area contributed by atoms with Gasteiger partial charge in [0.1, 0.15) is 5.69 Å². The van der Waals surface area contributed by atoms with Crippen LogP contribution in [0.2, 0.25) is 10.0 Å². The zero-order valence-electron chi connectivity index (χ0n) is 14.8. The van der Waals surface area contributed by atoms with Crippen LogP contribution in [0.1, 0.15) is 47.3 Å². The van der Waals surface area contributed by atoms with E-state index in [0.717, 1.165) is 0 Å². The number of carbonyl (C=O) groups excluding carboxylic acids is 2. The topological polar surface area (TPSA) is 91.4 Å². The van der Waals surface area contributed by atoms with Crippen molar-refractivity contribution in [2.45, 2.75) is 39.9 Å². The molecule has 1 aromatic heterocycles. The molecule has 1 amide bonds. The van der Waals surface area contributed by atoms with Gasteiger partial charge >= 0.3 is 5.97 Å². The number of esters is 1. The quantitative estimate of drug-likeness (QED) is 0.658. The lowest BCUT2D eigenvalue weighted by Gasteiger charge is -2.14. The van der Waals surface area contributed by atoms with Crippen LogP contribution in [0.15, 0.2) is 18.2 Å². The van der Waals surface area contributed by atoms with Gasteiger partial charge in [0.15, 0.2) is 6.10 Å². The van der Waals surface area contributed by atoms with Crippen molar-refractivity contribution in [1.82, 2.24) is 4.98 Å². The molecule has 1 heterocycles. The van der Waals surface area contributed by atoms with E-state index in [0.29, 0.717) is 32.6 Å². The van der Waals surface area contributed by atoms with E-state index in [4.69, 9.17) is 27.9 Å². The molecular weight excluding hydrogens is 379 g/mol. The van der Waals surface area contributed by atoms with Gasteiger partial charge in [-0.25, -0.2) is 4.79 Å². The number of aliphatic hydroxyl groups excluding tert-OH is 1. The Morgan fingerprint density at radius 3 is 2.23 bits per heavy atom. The van der Waals surface area contributed by atoms with Crippen LogP contribution in [0.5, 0.6) is 0 Å². The van der Waals surface area contributed by atoms with Gasteiger partial charge in [-0.2, -0.15) is 0 Å². The molecule has 0 aliphatic rings. The summed E-state index contributed by atoms with van der Waals surface area (Å²) >= 11 is 11.8. The predicted molar refractivity (Wildman–Crippen MR) is 101 cm³/mol. The molecule has 0 aliphatic heterocycles. The van der Waals surface area contributed by atoms with Crippen LogP contribution in [0.25, 0.3) is 0 Å². The van der Waals surface area contributed by atoms with Crippen molar-refractivity contribution in [2.75, 3.05) is 5.32 Å². The second-order valence-corrected chi connectivity index (χ2v) is 6.91. The average molecular weight is 399 g/mol. The number of halogens is 2. The van der Waals surface area contributed by atoms with Crippen molar-refractivity contribution in [3.63, 3.8) is 0 Å². The third kappa shape index (κ3) is 4.58. The maximum absolute atomic E-state index is 12.4. The average Bonchev–Trinajstić information content (AvgIpc) is 2.80. The molecule has 0 spiro atoms. The molecule has 0 fully saturated rings. The highest BCUT2D eigenvalue weighted by molar-refractivity contribution is 6.35. The Morgan fingerprint density at radius 2 is 1.73 bits per heavy atom. The van der Waals surface area contributed by atoms with E-state index in [9.17, 15) is 14.7 Å². The molecule has 6 nitrogen and oxygen atoms in total. The highest BCUT2D eigenvalue weighted by Gasteiger charge is 2.24. The van der Waals surface area contributed by atoms with Crippen LogP contribution in [0.3, 0.4) is 0 Å². The molecule has 0 bridgehead atoms. The summed E-state index contributed by atoms with van der Waals surface area (Å²) in [4.78, 5) is 27.5. The number of aliphatic hydroxyl groups is 1. The number of rotatable bonds is 5. The Bertz CT molecular complexity index is 826. The lowest BCUT2D eigenvalue weighted by atomic mass is 10.1. The number of H-pyrrole nitrogens is 1. The van der Waals surface area contributed by atoms with Crippen molar-refractivity contribution in [2.24, 2.45) is 0 Å². The Labute approximate surface area is 161 Å². The van der Waals surface area contributed by atoms with Gasteiger partial charge in [-0.15, -0.1) is 0 Å². The SMILES string of the molecule is Cc1[nH]c(C(=O)O[C@H](C)C(=O)Nc2cc(Cl)cc(Cl)c2)c(C)c1[C@H](C)O. The van der Waals surface area contributed by atoms with Gasteiger partial charge < -0.3 is 20.1 Å². The van der Waals surface area contributed by atoms with Gasteiger partial charge in [0.25, 0.3) is 5.91 Å². The van der Waals surface area contributed by atoms with E-state index in [-0.39, 0.29) is 5.69 Å². The van der Waals surface area contributed by atoms with E-state index in [2.05, 4.69) is 10.3 Å². The number of hydrogen-bond donors (Lipinski definition) is 3. The van der Waals surface area contributed by atoms with Crippen molar-refractivity contribution in [3.05, 3.63) is 50.8 Å². The Kier molecular flexibility index (Phi) is 6.34. The first-order valence-electron chi connectivity index (χ1n) is 7.95. The molecule has 140 valence electrons. The van der Waals surface area contributed by atoms with Crippen LogP contribution < -0.4 is 5.32 Å². The van der Waals surface area contributed by atoms with Crippen LogP contribution in [0, 0.1) is 13.8 Å². The minimum atomic E-state index is -1.04. The maximum Gasteiger partial charge on any atom is 0.355 e. The number of aromatic amines is 1. The highest BCUT2D eigenvalue weighted by atomic mass is 35.5. The van der Waals surface area contributed by atoms with E-state index in [1.807, 2.05) is 0 Å². The zero-order chi connectivity index (χ0) is 19.6. The normalized spacial score (nSPS) is 13.2. The summed E-state index contributed by atoms with van der Waals surface area (Å²) in [5, 5.41) is 13.1. The van der Waals surface area contributed by atoms with Gasteiger partial charge in [-0.05, 0) is 51.5 Å². The first-order valence-corrected chi connectivity index (χ1v) is 8.70. The summed E-state index contributed by atoms with van der Waals surface area (Å²) in [5.41, 5.74) is 2.53. The van der Waals surface area contributed by atoms with Gasteiger partial charge in [0.2, 0.25) is 0 Å². The lowest BCUT2D eigenvalue weighted by molar-refractivity contribution is -0.123.